The van der Waals surface area contributed by atoms with E-state index < -0.39 is 0 Å². The molecule has 0 aliphatic carbocycles. The van der Waals surface area contributed by atoms with Crippen molar-refractivity contribution in [2.45, 2.75) is 0 Å². The van der Waals surface area contributed by atoms with Crippen LogP contribution >= 0.6 is 0 Å². The van der Waals surface area contributed by atoms with Crippen molar-refractivity contribution in [3.05, 3.63) is 72.6 Å². The standard InChI is InChI=1S/C20H16N4O/c1-23-14-21-12-17(23)8-9-18-13-22-19-10-16(11-20(25-2)24(18)19)15-6-4-3-5-7-15/h3-7,10-14H,1-2H3. The molecule has 0 saturated carbocycles. The van der Waals surface area contributed by atoms with Crippen LogP contribution in [-0.4, -0.2) is 26.0 Å². The molecule has 0 saturated heterocycles. The van der Waals surface area contributed by atoms with E-state index in [0.29, 0.717) is 5.88 Å². The Balaban J connectivity index is 1.84. The van der Waals surface area contributed by atoms with Crippen molar-refractivity contribution >= 4 is 5.65 Å². The van der Waals surface area contributed by atoms with Crippen molar-refractivity contribution < 1.29 is 4.74 Å². The summed E-state index contributed by atoms with van der Waals surface area (Å²) in [6.07, 6.45) is 5.22. The molecule has 122 valence electrons. The molecule has 0 aliphatic heterocycles. The van der Waals surface area contributed by atoms with Gasteiger partial charge in [0.25, 0.3) is 0 Å². The first kappa shape index (κ1) is 15.0. The number of hydrogen-bond donors (Lipinski definition) is 0. The highest BCUT2D eigenvalue weighted by Crippen LogP contribution is 2.27. The highest BCUT2D eigenvalue weighted by Gasteiger charge is 2.10. The first-order valence-corrected chi connectivity index (χ1v) is 7.85. The fourth-order valence-electron chi connectivity index (χ4n) is 2.72. The molecule has 25 heavy (non-hydrogen) atoms. The van der Waals surface area contributed by atoms with Gasteiger partial charge in [-0.2, -0.15) is 0 Å². The lowest BCUT2D eigenvalue weighted by Crippen LogP contribution is -1.97. The molecule has 3 aromatic heterocycles. The highest BCUT2D eigenvalue weighted by atomic mass is 16.5. The van der Waals surface area contributed by atoms with E-state index in [9.17, 15) is 0 Å². The first-order valence-electron chi connectivity index (χ1n) is 7.85. The predicted octanol–water partition coefficient (Wildman–Crippen LogP) is 3.14. The second kappa shape index (κ2) is 6.17. The second-order valence-electron chi connectivity index (χ2n) is 5.63. The van der Waals surface area contributed by atoms with E-state index in [1.54, 1.807) is 25.8 Å². The van der Waals surface area contributed by atoms with Crippen molar-refractivity contribution in [3.8, 4) is 28.8 Å². The number of fused-ring (bicyclic) bond motifs is 1. The Morgan fingerprint density at radius 2 is 1.76 bits per heavy atom. The number of ether oxygens (including phenoxy) is 1. The van der Waals surface area contributed by atoms with E-state index >= 15 is 0 Å². The van der Waals surface area contributed by atoms with Crippen LogP contribution in [0.15, 0.2) is 61.2 Å². The van der Waals surface area contributed by atoms with Crippen LogP contribution in [-0.2, 0) is 7.05 Å². The fourth-order valence-corrected chi connectivity index (χ4v) is 2.72. The van der Waals surface area contributed by atoms with Crippen LogP contribution in [0.2, 0.25) is 0 Å². The van der Waals surface area contributed by atoms with Crippen LogP contribution in [0.25, 0.3) is 16.8 Å². The lowest BCUT2D eigenvalue weighted by molar-refractivity contribution is 0.392. The molecule has 0 fully saturated rings. The van der Waals surface area contributed by atoms with Gasteiger partial charge in [-0.05, 0) is 29.0 Å². The minimum atomic E-state index is 0.697. The van der Waals surface area contributed by atoms with Gasteiger partial charge in [-0.1, -0.05) is 30.3 Å². The SMILES string of the molecule is COc1cc(-c2ccccc2)cc2ncc(C#Cc3cncn3C)n12. The van der Waals surface area contributed by atoms with E-state index in [1.807, 2.05) is 46.3 Å². The van der Waals surface area contributed by atoms with Crippen molar-refractivity contribution in [2.24, 2.45) is 7.05 Å². The Kier molecular flexibility index (Phi) is 3.71. The number of nitrogens with zero attached hydrogens (tertiary/aromatic N) is 4. The maximum absolute atomic E-state index is 5.59. The summed E-state index contributed by atoms with van der Waals surface area (Å²) in [7, 11) is 3.57. The average Bonchev–Trinajstić information content (AvgIpc) is 3.25. The molecule has 0 N–H and O–H groups in total. The summed E-state index contributed by atoms with van der Waals surface area (Å²) in [6, 6.07) is 14.2. The molecule has 1 aromatic carbocycles. The van der Waals surface area contributed by atoms with Gasteiger partial charge in [0, 0.05) is 13.1 Å². The van der Waals surface area contributed by atoms with Crippen LogP contribution in [0.1, 0.15) is 11.4 Å². The summed E-state index contributed by atoms with van der Waals surface area (Å²) in [5.41, 5.74) is 4.59. The summed E-state index contributed by atoms with van der Waals surface area (Å²) in [4.78, 5) is 8.57. The number of pyridine rings is 1. The van der Waals surface area contributed by atoms with E-state index in [-0.39, 0.29) is 0 Å². The Morgan fingerprint density at radius 1 is 0.960 bits per heavy atom. The summed E-state index contributed by atoms with van der Waals surface area (Å²) in [5, 5.41) is 0. The highest BCUT2D eigenvalue weighted by molar-refractivity contribution is 5.70. The Labute approximate surface area is 145 Å². The first-order chi connectivity index (χ1) is 12.3. The maximum Gasteiger partial charge on any atom is 0.200 e. The van der Waals surface area contributed by atoms with Gasteiger partial charge >= 0.3 is 0 Å². The lowest BCUT2D eigenvalue weighted by Gasteiger charge is -2.09. The molecule has 0 amide bonds. The number of imidazole rings is 2. The summed E-state index contributed by atoms with van der Waals surface area (Å²) >= 11 is 0. The summed E-state index contributed by atoms with van der Waals surface area (Å²) in [5.74, 6) is 6.97. The average molecular weight is 328 g/mol. The van der Waals surface area contributed by atoms with Crippen LogP contribution in [0.3, 0.4) is 0 Å². The normalized spacial score (nSPS) is 10.5. The predicted molar refractivity (Wildman–Crippen MR) is 96.4 cm³/mol. The number of benzene rings is 1. The van der Waals surface area contributed by atoms with Crippen molar-refractivity contribution in [1.82, 2.24) is 18.9 Å². The van der Waals surface area contributed by atoms with Crippen LogP contribution in [0, 0.1) is 11.8 Å². The molecule has 0 aliphatic rings. The number of aryl methyl sites for hydroxylation is 1. The number of rotatable bonds is 2. The Hall–Kier alpha value is -3.52. The monoisotopic (exact) mass is 328 g/mol. The van der Waals surface area contributed by atoms with Gasteiger partial charge in [0.2, 0.25) is 5.88 Å². The van der Waals surface area contributed by atoms with E-state index in [2.05, 4.69) is 33.9 Å². The number of aromatic nitrogens is 4. The largest absolute Gasteiger partial charge is 0.482 e. The molecule has 5 heteroatoms. The molecule has 4 rings (SSSR count). The quantitative estimate of drug-likeness (QED) is 0.531. The minimum Gasteiger partial charge on any atom is -0.482 e. The molecular formula is C20H16N4O. The molecular weight excluding hydrogens is 312 g/mol. The fraction of sp³-hybridized carbons (Fsp3) is 0.100. The maximum atomic E-state index is 5.59. The molecule has 5 nitrogen and oxygen atoms in total. The van der Waals surface area contributed by atoms with Crippen LogP contribution in [0.4, 0.5) is 0 Å². The minimum absolute atomic E-state index is 0.697. The van der Waals surface area contributed by atoms with E-state index in [4.69, 9.17) is 4.74 Å². The molecule has 4 aromatic rings. The number of methoxy groups -OCH3 is 1. The van der Waals surface area contributed by atoms with E-state index in [0.717, 1.165) is 28.2 Å². The van der Waals surface area contributed by atoms with Gasteiger partial charge in [-0.15, -0.1) is 0 Å². The van der Waals surface area contributed by atoms with Gasteiger partial charge in [0.15, 0.2) is 0 Å². The topological polar surface area (TPSA) is 44.4 Å². The van der Waals surface area contributed by atoms with Gasteiger partial charge in [0.05, 0.1) is 25.8 Å². The zero-order valence-electron chi connectivity index (χ0n) is 14.0. The Morgan fingerprint density at radius 3 is 2.48 bits per heavy atom. The van der Waals surface area contributed by atoms with Gasteiger partial charge in [-0.3, -0.25) is 4.40 Å². The third kappa shape index (κ3) is 2.74. The molecule has 0 unspecified atom stereocenters. The van der Waals surface area contributed by atoms with Gasteiger partial charge in [-0.25, -0.2) is 9.97 Å². The number of hydrogen-bond acceptors (Lipinski definition) is 3. The van der Waals surface area contributed by atoms with Crippen LogP contribution < -0.4 is 4.74 Å². The van der Waals surface area contributed by atoms with Crippen molar-refractivity contribution in [1.29, 1.82) is 0 Å². The third-order valence-corrected chi connectivity index (χ3v) is 4.02. The van der Waals surface area contributed by atoms with Crippen molar-refractivity contribution in [2.75, 3.05) is 7.11 Å². The van der Waals surface area contributed by atoms with Gasteiger partial charge < -0.3 is 9.30 Å². The van der Waals surface area contributed by atoms with Crippen LogP contribution in [0.5, 0.6) is 5.88 Å². The second-order valence-corrected chi connectivity index (χ2v) is 5.63. The lowest BCUT2D eigenvalue weighted by atomic mass is 10.1. The summed E-state index contributed by atoms with van der Waals surface area (Å²) < 4.78 is 9.38. The third-order valence-electron chi connectivity index (χ3n) is 4.02. The molecule has 3 heterocycles. The molecule has 0 radical (unpaired) electrons. The molecule has 0 spiro atoms. The van der Waals surface area contributed by atoms with Gasteiger partial charge in [0.1, 0.15) is 17.0 Å². The molecule has 0 atom stereocenters. The smallest absolute Gasteiger partial charge is 0.200 e. The van der Waals surface area contributed by atoms with Crippen molar-refractivity contribution in [3.63, 3.8) is 0 Å². The zero-order valence-corrected chi connectivity index (χ0v) is 14.0. The summed E-state index contributed by atoms with van der Waals surface area (Å²) in [6.45, 7) is 0. The molecule has 0 bridgehead atoms. The zero-order chi connectivity index (χ0) is 17.2. The van der Waals surface area contributed by atoms with E-state index in [1.165, 1.54) is 0 Å². The Bertz CT molecular complexity index is 1100.